The number of aryl methyl sites for hydroxylation is 1. The van der Waals surface area contributed by atoms with Crippen molar-refractivity contribution in [1.82, 2.24) is 10.2 Å². The predicted molar refractivity (Wildman–Crippen MR) is 161 cm³/mol. The molecule has 1 atom stereocenters. The summed E-state index contributed by atoms with van der Waals surface area (Å²) in [6, 6.07) is 19.3. The molecule has 218 valence electrons. The van der Waals surface area contributed by atoms with Crippen LogP contribution in [0.1, 0.15) is 43.7 Å². The zero-order chi connectivity index (χ0) is 29.6. The van der Waals surface area contributed by atoms with Gasteiger partial charge in [-0.25, -0.2) is 8.42 Å². The van der Waals surface area contributed by atoms with Crippen LogP contribution >= 0.6 is 11.6 Å². The minimum Gasteiger partial charge on any atom is -0.495 e. The summed E-state index contributed by atoms with van der Waals surface area (Å²) >= 11 is 6.22. The standard InChI is InChI=1S/C31H36ClN3O5S/c1-22-16-17-29(40-3)28(18-22)35(41(38,39)27-14-5-4-6-15-27)21-30(36)34(20-24-10-9-11-25(32)19-24)23(2)31(37)33-26-12-7-8-13-26/h4-6,9-11,14-19,23,26H,7-8,12-13,20-21H2,1-3H3,(H,33,37)/t23-/m1/s1. The molecule has 0 aliphatic heterocycles. The maximum absolute atomic E-state index is 14.1. The Morgan fingerprint density at radius 2 is 1.73 bits per heavy atom. The average molecular weight is 598 g/mol. The van der Waals surface area contributed by atoms with Gasteiger partial charge in [0, 0.05) is 17.6 Å². The number of carbonyl (C=O) groups excluding carboxylic acids is 2. The molecule has 1 fully saturated rings. The molecule has 8 nitrogen and oxygen atoms in total. The molecule has 1 saturated carbocycles. The van der Waals surface area contributed by atoms with Crippen LogP contribution in [-0.4, -0.2) is 50.9 Å². The van der Waals surface area contributed by atoms with Crippen LogP contribution in [0.3, 0.4) is 0 Å². The van der Waals surface area contributed by atoms with Crippen molar-refractivity contribution < 1.29 is 22.7 Å². The molecule has 1 N–H and O–H groups in total. The minimum atomic E-state index is -4.19. The molecule has 1 aliphatic carbocycles. The molecule has 0 saturated heterocycles. The van der Waals surface area contributed by atoms with Crippen molar-refractivity contribution in [2.24, 2.45) is 0 Å². The van der Waals surface area contributed by atoms with E-state index in [9.17, 15) is 18.0 Å². The van der Waals surface area contributed by atoms with Gasteiger partial charge in [0.2, 0.25) is 11.8 Å². The van der Waals surface area contributed by atoms with Crippen molar-refractivity contribution >= 4 is 39.1 Å². The van der Waals surface area contributed by atoms with Crippen molar-refractivity contribution in [2.45, 2.75) is 63.1 Å². The molecule has 0 spiro atoms. The van der Waals surface area contributed by atoms with Crippen molar-refractivity contribution in [1.29, 1.82) is 0 Å². The third-order valence-corrected chi connectivity index (χ3v) is 9.33. The fourth-order valence-corrected chi connectivity index (χ4v) is 6.68. The van der Waals surface area contributed by atoms with Gasteiger partial charge in [0.15, 0.2) is 0 Å². The number of rotatable bonds is 11. The first-order valence-electron chi connectivity index (χ1n) is 13.7. The number of methoxy groups -OCH3 is 1. The molecule has 0 bridgehead atoms. The topological polar surface area (TPSA) is 96.0 Å². The number of sulfonamides is 1. The van der Waals surface area contributed by atoms with Gasteiger partial charge in [-0.1, -0.05) is 60.8 Å². The van der Waals surface area contributed by atoms with Crippen LogP contribution in [0.5, 0.6) is 5.75 Å². The number of amides is 2. The maximum Gasteiger partial charge on any atom is 0.264 e. The number of hydrogen-bond donors (Lipinski definition) is 1. The zero-order valence-electron chi connectivity index (χ0n) is 23.5. The lowest BCUT2D eigenvalue weighted by Crippen LogP contribution is -2.52. The monoisotopic (exact) mass is 597 g/mol. The Kier molecular flexibility index (Phi) is 9.94. The quantitative estimate of drug-likeness (QED) is 0.322. The molecular formula is C31H36ClN3O5S. The SMILES string of the molecule is COc1ccc(C)cc1N(CC(=O)N(Cc1cccc(Cl)c1)[C@H](C)C(=O)NC1CCCC1)S(=O)(=O)c1ccccc1. The number of carbonyl (C=O) groups is 2. The smallest absolute Gasteiger partial charge is 0.264 e. The molecule has 0 radical (unpaired) electrons. The first kappa shape index (κ1) is 30.4. The summed E-state index contributed by atoms with van der Waals surface area (Å²) in [5, 5.41) is 3.56. The number of nitrogens with one attached hydrogen (secondary N) is 1. The Labute approximate surface area is 247 Å². The van der Waals surface area contributed by atoms with Crippen LogP contribution in [0.2, 0.25) is 5.02 Å². The summed E-state index contributed by atoms with van der Waals surface area (Å²) in [5.74, 6) is -0.517. The van der Waals surface area contributed by atoms with Crippen molar-refractivity contribution in [2.75, 3.05) is 18.0 Å². The molecule has 3 aromatic carbocycles. The largest absolute Gasteiger partial charge is 0.495 e. The lowest BCUT2D eigenvalue weighted by atomic mass is 10.1. The van der Waals surface area contributed by atoms with E-state index in [4.69, 9.17) is 16.3 Å². The fourth-order valence-electron chi connectivity index (χ4n) is 5.03. The molecule has 41 heavy (non-hydrogen) atoms. The number of nitrogens with zero attached hydrogens (tertiary/aromatic N) is 2. The Morgan fingerprint density at radius 3 is 2.39 bits per heavy atom. The average Bonchev–Trinajstić information content (AvgIpc) is 3.47. The molecule has 0 unspecified atom stereocenters. The highest BCUT2D eigenvalue weighted by atomic mass is 35.5. The maximum atomic E-state index is 14.1. The van der Waals surface area contributed by atoms with Crippen LogP contribution in [0.4, 0.5) is 5.69 Å². The molecule has 0 heterocycles. The summed E-state index contributed by atoms with van der Waals surface area (Å²) < 4.78 is 34.6. The first-order chi connectivity index (χ1) is 19.6. The highest BCUT2D eigenvalue weighted by molar-refractivity contribution is 7.92. The molecule has 2 amide bonds. The Bertz CT molecular complexity index is 1480. The number of anilines is 1. The number of hydrogen-bond acceptors (Lipinski definition) is 5. The van der Waals surface area contributed by atoms with E-state index in [1.54, 1.807) is 61.5 Å². The predicted octanol–water partition coefficient (Wildman–Crippen LogP) is 5.33. The third-order valence-electron chi connectivity index (χ3n) is 7.32. The van der Waals surface area contributed by atoms with Gasteiger partial charge in [-0.15, -0.1) is 0 Å². The second-order valence-electron chi connectivity index (χ2n) is 10.3. The van der Waals surface area contributed by atoms with E-state index in [0.717, 1.165) is 41.1 Å². The lowest BCUT2D eigenvalue weighted by Gasteiger charge is -2.33. The van der Waals surface area contributed by atoms with Crippen LogP contribution in [0.25, 0.3) is 0 Å². The van der Waals surface area contributed by atoms with E-state index in [2.05, 4.69) is 5.32 Å². The Morgan fingerprint density at radius 1 is 1.02 bits per heavy atom. The molecule has 4 rings (SSSR count). The van der Waals surface area contributed by atoms with Crippen LogP contribution in [0.15, 0.2) is 77.7 Å². The van der Waals surface area contributed by atoms with Crippen LogP contribution < -0.4 is 14.4 Å². The second kappa shape index (κ2) is 13.4. The van der Waals surface area contributed by atoms with E-state index in [1.165, 1.54) is 24.1 Å². The van der Waals surface area contributed by atoms with Crippen molar-refractivity contribution in [3.05, 3.63) is 88.9 Å². The summed E-state index contributed by atoms with van der Waals surface area (Å²) in [6.07, 6.45) is 3.90. The minimum absolute atomic E-state index is 0.0322. The number of benzene rings is 3. The van der Waals surface area contributed by atoms with E-state index in [0.29, 0.717) is 10.8 Å². The second-order valence-corrected chi connectivity index (χ2v) is 12.6. The summed E-state index contributed by atoms with van der Waals surface area (Å²) in [6.45, 7) is 3.02. The van der Waals surface area contributed by atoms with E-state index in [-0.39, 0.29) is 29.1 Å². The van der Waals surface area contributed by atoms with Gasteiger partial charge in [-0.3, -0.25) is 13.9 Å². The normalized spacial score (nSPS) is 14.3. The van der Waals surface area contributed by atoms with Gasteiger partial charge < -0.3 is 15.0 Å². The van der Waals surface area contributed by atoms with Gasteiger partial charge in [-0.2, -0.15) is 0 Å². The van der Waals surface area contributed by atoms with Gasteiger partial charge >= 0.3 is 0 Å². The van der Waals surface area contributed by atoms with Gasteiger partial charge in [0.05, 0.1) is 17.7 Å². The number of halogens is 1. The summed E-state index contributed by atoms with van der Waals surface area (Å²) in [7, 11) is -2.74. The van der Waals surface area contributed by atoms with Crippen molar-refractivity contribution in [3.8, 4) is 5.75 Å². The van der Waals surface area contributed by atoms with Gasteiger partial charge in [0.25, 0.3) is 10.0 Å². The van der Waals surface area contributed by atoms with Crippen LogP contribution in [-0.2, 0) is 26.2 Å². The molecule has 1 aliphatic rings. The summed E-state index contributed by atoms with van der Waals surface area (Å²) in [4.78, 5) is 28.9. The fraction of sp³-hybridized carbons (Fsp3) is 0.355. The molecule has 0 aromatic heterocycles. The lowest BCUT2D eigenvalue weighted by molar-refractivity contribution is -0.139. The van der Waals surface area contributed by atoms with Gasteiger partial charge in [-0.05, 0) is 74.2 Å². The van der Waals surface area contributed by atoms with E-state index in [1.807, 2.05) is 13.0 Å². The Balaban J connectivity index is 1.73. The van der Waals surface area contributed by atoms with Gasteiger partial charge in [0.1, 0.15) is 18.3 Å². The highest BCUT2D eigenvalue weighted by Gasteiger charge is 2.34. The van der Waals surface area contributed by atoms with E-state index < -0.39 is 28.5 Å². The highest BCUT2D eigenvalue weighted by Crippen LogP contribution is 2.34. The Hall–Kier alpha value is -3.56. The molecule has 10 heteroatoms. The molecular weight excluding hydrogens is 562 g/mol. The summed E-state index contributed by atoms with van der Waals surface area (Å²) in [5.41, 5.74) is 1.74. The van der Waals surface area contributed by atoms with Crippen LogP contribution in [0, 0.1) is 6.92 Å². The van der Waals surface area contributed by atoms with E-state index >= 15 is 0 Å². The molecule has 3 aromatic rings. The third kappa shape index (κ3) is 7.40. The number of ether oxygens (including phenoxy) is 1. The zero-order valence-corrected chi connectivity index (χ0v) is 25.1. The first-order valence-corrected chi connectivity index (χ1v) is 15.5. The van der Waals surface area contributed by atoms with Crippen molar-refractivity contribution in [3.63, 3.8) is 0 Å².